The van der Waals surface area contributed by atoms with E-state index in [2.05, 4.69) is 41.2 Å². The number of likely N-dealkylation sites (tertiary alicyclic amines) is 1. The van der Waals surface area contributed by atoms with Crippen LogP contribution in [0.1, 0.15) is 33.0 Å². The Morgan fingerprint density at radius 2 is 2.07 bits per heavy atom. The maximum atomic E-state index is 5.45. The Bertz CT molecular complexity index is 605. The zero-order chi connectivity index (χ0) is 20.5. The number of guanidine groups is 1. The van der Waals surface area contributed by atoms with Crippen LogP contribution in [0.5, 0.6) is 0 Å². The lowest BCUT2D eigenvalue weighted by atomic mass is 10.1. The molecule has 7 nitrogen and oxygen atoms in total. The van der Waals surface area contributed by atoms with E-state index >= 15 is 0 Å². The number of furan rings is 1. The Kier molecular flexibility index (Phi) is 11.5. The molecule has 3 heterocycles. The molecule has 30 heavy (non-hydrogen) atoms. The lowest BCUT2D eigenvalue weighted by molar-refractivity contribution is 0.0377. The third-order valence-electron chi connectivity index (χ3n) is 5.94. The molecule has 0 aliphatic carbocycles. The van der Waals surface area contributed by atoms with E-state index in [0.717, 1.165) is 83.6 Å². The van der Waals surface area contributed by atoms with Crippen LogP contribution in [0.4, 0.5) is 0 Å². The van der Waals surface area contributed by atoms with Gasteiger partial charge in [0.15, 0.2) is 5.96 Å². The molecule has 2 fully saturated rings. The second-order valence-corrected chi connectivity index (χ2v) is 8.57. The predicted molar refractivity (Wildman–Crippen MR) is 133 cm³/mol. The summed E-state index contributed by atoms with van der Waals surface area (Å²) in [4.78, 5) is 9.89. The van der Waals surface area contributed by atoms with Crippen molar-refractivity contribution in [3.63, 3.8) is 0 Å². The smallest absolute Gasteiger partial charge is 0.191 e. The van der Waals surface area contributed by atoms with Gasteiger partial charge in [0.05, 0.1) is 19.5 Å². The van der Waals surface area contributed by atoms with Gasteiger partial charge in [-0.25, -0.2) is 0 Å². The molecule has 3 rings (SSSR count). The van der Waals surface area contributed by atoms with Gasteiger partial charge >= 0.3 is 0 Å². The van der Waals surface area contributed by atoms with Crippen molar-refractivity contribution in [1.82, 2.24) is 20.4 Å². The van der Waals surface area contributed by atoms with Gasteiger partial charge in [0.1, 0.15) is 5.76 Å². The molecule has 8 heteroatoms. The summed E-state index contributed by atoms with van der Waals surface area (Å²) >= 11 is 0. The second-order valence-electron chi connectivity index (χ2n) is 8.57. The second kappa shape index (κ2) is 13.5. The molecule has 2 aliphatic rings. The Balaban J connectivity index is 0.00000320. The quantitative estimate of drug-likeness (QED) is 0.220. The highest BCUT2D eigenvalue weighted by molar-refractivity contribution is 14.0. The zero-order valence-electron chi connectivity index (χ0n) is 18.8. The lowest BCUT2D eigenvalue weighted by Crippen LogP contribution is -2.47. The van der Waals surface area contributed by atoms with Gasteiger partial charge in [-0.3, -0.25) is 14.8 Å². The van der Waals surface area contributed by atoms with Crippen LogP contribution >= 0.6 is 24.0 Å². The Labute approximate surface area is 199 Å². The number of ether oxygens (including phenoxy) is 1. The van der Waals surface area contributed by atoms with Crippen molar-refractivity contribution >= 4 is 29.9 Å². The van der Waals surface area contributed by atoms with Crippen molar-refractivity contribution < 1.29 is 9.15 Å². The number of hydrogen-bond donors (Lipinski definition) is 2. The van der Waals surface area contributed by atoms with E-state index < -0.39 is 0 Å². The third-order valence-corrected chi connectivity index (χ3v) is 5.94. The van der Waals surface area contributed by atoms with E-state index in [4.69, 9.17) is 14.1 Å². The number of nitrogens with zero attached hydrogens (tertiary/aromatic N) is 3. The fourth-order valence-corrected chi connectivity index (χ4v) is 4.01. The lowest BCUT2D eigenvalue weighted by Gasteiger charge is -2.26. The van der Waals surface area contributed by atoms with E-state index in [1.807, 2.05) is 12.1 Å². The van der Waals surface area contributed by atoms with Crippen molar-refractivity contribution in [2.24, 2.45) is 10.9 Å². The average molecular weight is 533 g/mol. The molecule has 2 atom stereocenters. The standard InChI is InChI=1S/C22H39N5O2.HI/c1-18(2)27-16-19(3)21(17-27)25-22(24-9-7-20-6-4-13-29-20)23-8-5-10-26-11-14-28-15-12-26;/h4,6,13,18-19,21H,5,7-12,14-17H2,1-3H3,(H2,23,24,25);1H. The fourth-order valence-electron chi connectivity index (χ4n) is 4.01. The number of morpholine rings is 1. The molecular formula is C22H40IN5O2. The molecule has 0 aromatic carbocycles. The van der Waals surface area contributed by atoms with E-state index in [1.54, 1.807) is 6.26 Å². The molecule has 1 aromatic rings. The Morgan fingerprint density at radius 1 is 1.27 bits per heavy atom. The molecule has 0 radical (unpaired) electrons. The van der Waals surface area contributed by atoms with Gasteiger partial charge in [0.2, 0.25) is 0 Å². The monoisotopic (exact) mass is 533 g/mol. The minimum atomic E-state index is 0. The first-order valence-electron chi connectivity index (χ1n) is 11.2. The van der Waals surface area contributed by atoms with Crippen molar-refractivity contribution in [2.75, 3.05) is 59.0 Å². The number of aliphatic imine (C=N–C) groups is 1. The molecule has 172 valence electrons. The maximum Gasteiger partial charge on any atom is 0.191 e. The van der Waals surface area contributed by atoms with Gasteiger partial charge < -0.3 is 19.8 Å². The van der Waals surface area contributed by atoms with E-state index in [9.17, 15) is 0 Å². The van der Waals surface area contributed by atoms with Crippen molar-refractivity contribution in [2.45, 2.75) is 45.7 Å². The van der Waals surface area contributed by atoms with Crippen LogP contribution in [0.2, 0.25) is 0 Å². The van der Waals surface area contributed by atoms with Crippen LogP contribution in [0.3, 0.4) is 0 Å². The highest BCUT2D eigenvalue weighted by atomic mass is 127. The first kappa shape index (κ1) is 25.4. The van der Waals surface area contributed by atoms with Gasteiger partial charge in [-0.2, -0.15) is 0 Å². The number of halogens is 1. The third kappa shape index (κ3) is 8.36. The minimum Gasteiger partial charge on any atom is -0.469 e. The van der Waals surface area contributed by atoms with Gasteiger partial charge in [-0.1, -0.05) is 6.92 Å². The predicted octanol–water partition coefficient (Wildman–Crippen LogP) is 2.43. The highest BCUT2D eigenvalue weighted by Gasteiger charge is 2.31. The summed E-state index contributed by atoms with van der Waals surface area (Å²) in [5, 5.41) is 7.22. The number of rotatable bonds is 9. The normalized spacial score (nSPS) is 23.5. The minimum absolute atomic E-state index is 0. The first-order valence-corrected chi connectivity index (χ1v) is 11.2. The summed E-state index contributed by atoms with van der Waals surface area (Å²) in [6.45, 7) is 15.6. The molecule has 2 N–H and O–H groups in total. The highest BCUT2D eigenvalue weighted by Crippen LogP contribution is 2.18. The summed E-state index contributed by atoms with van der Waals surface area (Å²) in [7, 11) is 0. The molecule has 0 amide bonds. The fraction of sp³-hybridized carbons (Fsp3) is 0.773. The van der Waals surface area contributed by atoms with E-state index in [1.165, 1.54) is 0 Å². The molecule has 0 saturated carbocycles. The van der Waals surface area contributed by atoms with Crippen LogP contribution in [0, 0.1) is 5.92 Å². The molecular weight excluding hydrogens is 493 g/mol. The molecule has 1 aromatic heterocycles. The largest absolute Gasteiger partial charge is 0.469 e. The summed E-state index contributed by atoms with van der Waals surface area (Å²) in [5.74, 6) is 2.55. The Hall–Kier alpha value is -0.840. The molecule has 2 unspecified atom stereocenters. The van der Waals surface area contributed by atoms with Gasteiger partial charge in [-0.05, 0) is 38.3 Å². The van der Waals surface area contributed by atoms with Gasteiger partial charge in [0.25, 0.3) is 0 Å². The Morgan fingerprint density at radius 3 is 2.73 bits per heavy atom. The van der Waals surface area contributed by atoms with Crippen LogP contribution in [0.25, 0.3) is 0 Å². The van der Waals surface area contributed by atoms with Crippen LogP contribution in [-0.2, 0) is 11.2 Å². The summed E-state index contributed by atoms with van der Waals surface area (Å²) in [6, 6.07) is 4.99. The SMILES string of the molecule is CC1CN(C(C)C)CC1NC(=NCCCN1CCOCC1)NCCc1ccco1.I. The van der Waals surface area contributed by atoms with Crippen molar-refractivity contribution in [3.8, 4) is 0 Å². The summed E-state index contributed by atoms with van der Waals surface area (Å²) in [5.41, 5.74) is 0. The average Bonchev–Trinajstić information content (AvgIpc) is 3.36. The molecule has 0 spiro atoms. The number of hydrogen-bond acceptors (Lipinski definition) is 5. The van der Waals surface area contributed by atoms with E-state index in [-0.39, 0.29) is 24.0 Å². The van der Waals surface area contributed by atoms with Gasteiger partial charge in [-0.15, -0.1) is 24.0 Å². The van der Waals surface area contributed by atoms with Crippen LogP contribution in [0.15, 0.2) is 27.8 Å². The van der Waals surface area contributed by atoms with Crippen molar-refractivity contribution in [1.29, 1.82) is 0 Å². The van der Waals surface area contributed by atoms with E-state index in [0.29, 0.717) is 18.0 Å². The van der Waals surface area contributed by atoms with Crippen LogP contribution in [-0.4, -0.2) is 86.9 Å². The summed E-state index contributed by atoms with van der Waals surface area (Å²) in [6.07, 6.45) is 3.66. The molecule has 2 saturated heterocycles. The molecule has 0 bridgehead atoms. The van der Waals surface area contributed by atoms with Crippen molar-refractivity contribution in [3.05, 3.63) is 24.2 Å². The number of nitrogens with one attached hydrogen (secondary N) is 2. The first-order chi connectivity index (χ1) is 14.1. The van der Waals surface area contributed by atoms with Crippen LogP contribution < -0.4 is 10.6 Å². The summed E-state index contributed by atoms with van der Waals surface area (Å²) < 4.78 is 10.9. The molecule has 2 aliphatic heterocycles. The van der Waals surface area contributed by atoms with Gasteiger partial charge in [0, 0.05) is 64.3 Å². The maximum absolute atomic E-state index is 5.45. The zero-order valence-corrected chi connectivity index (χ0v) is 21.1. The topological polar surface area (TPSA) is 65.3 Å².